The van der Waals surface area contributed by atoms with Crippen molar-refractivity contribution in [1.29, 1.82) is 0 Å². The van der Waals surface area contributed by atoms with Crippen LogP contribution in [0.3, 0.4) is 0 Å². The summed E-state index contributed by atoms with van der Waals surface area (Å²) in [5.74, 6) is -0.178. The smallest absolute Gasteiger partial charge is 0.247 e. The van der Waals surface area contributed by atoms with E-state index in [1.165, 1.54) is 13.2 Å². The molecule has 2 aromatic rings. The lowest BCUT2D eigenvalue weighted by molar-refractivity contribution is -0.121. The minimum absolute atomic E-state index is 0.00623. The van der Waals surface area contributed by atoms with Gasteiger partial charge in [-0.3, -0.25) is 4.79 Å². The second-order valence-electron chi connectivity index (χ2n) is 5.63. The van der Waals surface area contributed by atoms with Gasteiger partial charge in [-0.1, -0.05) is 46.6 Å². The predicted molar refractivity (Wildman–Crippen MR) is 108 cm³/mol. The van der Waals surface area contributed by atoms with Crippen molar-refractivity contribution in [2.45, 2.75) is 18.4 Å². The zero-order valence-electron chi connectivity index (χ0n) is 14.9. The van der Waals surface area contributed by atoms with E-state index in [4.69, 9.17) is 16.3 Å². The van der Waals surface area contributed by atoms with Crippen molar-refractivity contribution >= 4 is 43.5 Å². The summed E-state index contributed by atoms with van der Waals surface area (Å²) in [5.41, 5.74) is 0.868. The van der Waals surface area contributed by atoms with Gasteiger partial charge in [0.25, 0.3) is 0 Å². The molecular weight excluding hydrogens is 456 g/mol. The van der Waals surface area contributed by atoms with Crippen LogP contribution >= 0.6 is 27.5 Å². The third kappa shape index (κ3) is 5.68. The van der Waals surface area contributed by atoms with E-state index in [9.17, 15) is 13.2 Å². The van der Waals surface area contributed by atoms with Crippen LogP contribution in [0, 0.1) is 0 Å². The van der Waals surface area contributed by atoms with E-state index < -0.39 is 15.9 Å². The number of halogens is 2. The fraction of sp³-hybridized carbons (Fsp3) is 0.278. The van der Waals surface area contributed by atoms with Gasteiger partial charge in [-0.15, -0.1) is 0 Å². The Kier molecular flexibility index (Phi) is 7.67. The number of likely N-dealkylation sites (N-methyl/N-ethyl adjacent to an activating group) is 1. The summed E-state index contributed by atoms with van der Waals surface area (Å²) in [6.45, 7) is 1.82. The molecule has 0 fully saturated rings. The van der Waals surface area contributed by atoms with Crippen molar-refractivity contribution in [3.8, 4) is 5.75 Å². The fourth-order valence-corrected chi connectivity index (χ4v) is 4.60. The highest BCUT2D eigenvalue weighted by molar-refractivity contribution is 9.10. The minimum Gasteiger partial charge on any atom is -0.495 e. The van der Waals surface area contributed by atoms with Gasteiger partial charge < -0.3 is 10.1 Å². The number of benzene rings is 2. The molecule has 27 heavy (non-hydrogen) atoms. The Hall–Kier alpha value is -1.61. The number of carbonyl (C=O) groups is 1. The second kappa shape index (κ2) is 9.54. The molecule has 0 aliphatic carbocycles. The van der Waals surface area contributed by atoms with Gasteiger partial charge in [0, 0.05) is 22.6 Å². The number of hydrogen-bond acceptors (Lipinski definition) is 4. The molecule has 146 valence electrons. The third-order valence-electron chi connectivity index (χ3n) is 3.82. The van der Waals surface area contributed by atoms with Crippen LogP contribution in [0.5, 0.6) is 5.75 Å². The lowest BCUT2D eigenvalue weighted by Crippen LogP contribution is -2.40. The molecule has 0 aliphatic rings. The molecule has 2 rings (SSSR count). The van der Waals surface area contributed by atoms with Crippen molar-refractivity contribution < 1.29 is 17.9 Å². The average Bonchev–Trinajstić information content (AvgIpc) is 2.65. The number of amides is 1. The molecule has 1 amide bonds. The number of sulfonamides is 1. The summed E-state index contributed by atoms with van der Waals surface area (Å²) >= 11 is 9.10. The molecular formula is C18H20BrClN2O4S. The SMILES string of the molecule is CCN(CC(=O)NCc1ccc(Cl)cc1)S(=O)(=O)c1cc(Br)ccc1OC. The molecule has 0 spiro atoms. The van der Waals surface area contributed by atoms with Crippen LogP contribution in [0.2, 0.25) is 5.02 Å². The van der Waals surface area contributed by atoms with E-state index >= 15 is 0 Å². The van der Waals surface area contributed by atoms with E-state index in [0.717, 1.165) is 9.87 Å². The monoisotopic (exact) mass is 474 g/mol. The molecule has 0 atom stereocenters. The largest absolute Gasteiger partial charge is 0.495 e. The van der Waals surface area contributed by atoms with E-state index in [0.29, 0.717) is 9.50 Å². The van der Waals surface area contributed by atoms with Crippen molar-refractivity contribution in [2.75, 3.05) is 20.2 Å². The van der Waals surface area contributed by atoms with Gasteiger partial charge in [-0.25, -0.2) is 8.42 Å². The number of nitrogens with zero attached hydrogens (tertiary/aromatic N) is 1. The maximum absolute atomic E-state index is 13.0. The summed E-state index contributed by atoms with van der Waals surface area (Å²) in [6.07, 6.45) is 0. The molecule has 0 aliphatic heterocycles. The minimum atomic E-state index is -3.90. The van der Waals surface area contributed by atoms with Crippen LogP contribution in [0.1, 0.15) is 12.5 Å². The molecule has 0 saturated carbocycles. The highest BCUT2D eigenvalue weighted by Crippen LogP contribution is 2.29. The Morgan fingerprint density at radius 3 is 2.48 bits per heavy atom. The number of hydrogen-bond donors (Lipinski definition) is 1. The molecule has 0 aromatic heterocycles. The molecule has 2 aromatic carbocycles. The van der Waals surface area contributed by atoms with E-state index in [1.54, 1.807) is 43.3 Å². The summed E-state index contributed by atoms with van der Waals surface area (Å²) in [7, 11) is -2.50. The summed E-state index contributed by atoms with van der Waals surface area (Å²) in [5, 5.41) is 3.33. The highest BCUT2D eigenvalue weighted by Gasteiger charge is 2.28. The van der Waals surface area contributed by atoms with Gasteiger partial charge in [0.2, 0.25) is 15.9 Å². The molecule has 6 nitrogen and oxygen atoms in total. The van der Waals surface area contributed by atoms with Gasteiger partial charge in [0.05, 0.1) is 13.7 Å². The lowest BCUT2D eigenvalue weighted by Gasteiger charge is -2.21. The maximum Gasteiger partial charge on any atom is 0.247 e. The Labute approximate surface area is 172 Å². The summed E-state index contributed by atoms with van der Waals surface area (Å²) in [6, 6.07) is 11.8. The number of rotatable bonds is 8. The zero-order valence-corrected chi connectivity index (χ0v) is 18.1. The molecule has 0 unspecified atom stereocenters. The van der Waals surface area contributed by atoms with E-state index in [2.05, 4.69) is 21.2 Å². The van der Waals surface area contributed by atoms with Crippen molar-refractivity contribution in [2.24, 2.45) is 0 Å². The summed E-state index contributed by atoms with van der Waals surface area (Å²) < 4.78 is 32.8. The standard InChI is InChI=1S/C18H20BrClN2O4S/c1-3-22(12-18(23)21-11-13-4-7-15(20)8-5-13)27(24,25)17-10-14(19)6-9-16(17)26-2/h4-10H,3,11-12H2,1-2H3,(H,21,23). The Morgan fingerprint density at radius 2 is 1.89 bits per heavy atom. The Bertz CT molecular complexity index is 904. The fourth-order valence-electron chi connectivity index (χ4n) is 2.38. The zero-order chi connectivity index (χ0) is 20.0. The quantitative estimate of drug-likeness (QED) is 0.635. The first-order valence-corrected chi connectivity index (χ1v) is 10.7. The first-order valence-electron chi connectivity index (χ1n) is 8.12. The Balaban J connectivity index is 2.12. The number of ether oxygens (including phenoxy) is 1. The second-order valence-corrected chi connectivity index (χ2v) is 8.89. The van der Waals surface area contributed by atoms with Crippen LogP contribution in [-0.4, -0.2) is 38.8 Å². The summed E-state index contributed by atoms with van der Waals surface area (Å²) in [4.78, 5) is 12.3. The number of carbonyl (C=O) groups excluding carboxylic acids is 1. The molecule has 1 N–H and O–H groups in total. The number of methoxy groups -OCH3 is 1. The molecule has 0 saturated heterocycles. The van der Waals surface area contributed by atoms with Crippen LogP contribution in [0.4, 0.5) is 0 Å². The van der Waals surface area contributed by atoms with Crippen LogP contribution in [0.15, 0.2) is 51.8 Å². The van der Waals surface area contributed by atoms with Crippen molar-refractivity contribution in [3.05, 3.63) is 57.5 Å². The normalized spacial score (nSPS) is 11.4. The van der Waals surface area contributed by atoms with E-state index in [-0.39, 0.29) is 30.3 Å². The van der Waals surface area contributed by atoms with Crippen LogP contribution < -0.4 is 10.1 Å². The van der Waals surface area contributed by atoms with Crippen molar-refractivity contribution in [3.63, 3.8) is 0 Å². The maximum atomic E-state index is 13.0. The molecule has 0 radical (unpaired) electrons. The number of nitrogens with one attached hydrogen (secondary N) is 1. The van der Waals surface area contributed by atoms with Gasteiger partial charge in [0.1, 0.15) is 10.6 Å². The lowest BCUT2D eigenvalue weighted by atomic mass is 10.2. The molecule has 9 heteroatoms. The average molecular weight is 476 g/mol. The first-order chi connectivity index (χ1) is 12.8. The van der Waals surface area contributed by atoms with E-state index in [1.807, 2.05) is 0 Å². The molecule has 0 bridgehead atoms. The van der Waals surface area contributed by atoms with Gasteiger partial charge >= 0.3 is 0 Å². The first kappa shape index (κ1) is 21.7. The topological polar surface area (TPSA) is 75.7 Å². The van der Waals surface area contributed by atoms with Gasteiger partial charge in [0.15, 0.2) is 0 Å². The van der Waals surface area contributed by atoms with Gasteiger partial charge in [-0.05, 0) is 35.9 Å². The third-order valence-corrected chi connectivity index (χ3v) is 6.51. The van der Waals surface area contributed by atoms with Crippen molar-refractivity contribution in [1.82, 2.24) is 9.62 Å². The predicted octanol–water partition coefficient (Wildman–Crippen LogP) is 3.44. The van der Waals surface area contributed by atoms with Gasteiger partial charge in [-0.2, -0.15) is 4.31 Å². The van der Waals surface area contributed by atoms with Crippen LogP contribution in [0.25, 0.3) is 0 Å². The molecule has 0 heterocycles. The Morgan fingerprint density at radius 1 is 1.22 bits per heavy atom. The highest BCUT2D eigenvalue weighted by atomic mass is 79.9. The van der Waals surface area contributed by atoms with Crippen LogP contribution in [-0.2, 0) is 21.4 Å².